The molecule has 1 N–H and O–H groups in total. The third-order valence-corrected chi connectivity index (χ3v) is 3.66. The third kappa shape index (κ3) is 3.00. The number of benzene rings is 1. The normalized spacial score (nSPS) is 15.0. The number of carbonyl (C=O) groups excluding carboxylic acids is 2. The fourth-order valence-corrected chi connectivity index (χ4v) is 2.34. The first-order valence-corrected chi connectivity index (χ1v) is 6.57. The Balaban J connectivity index is 2.29. The summed E-state index contributed by atoms with van der Waals surface area (Å²) in [5.74, 6) is -0.581. The van der Waals surface area contributed by atoms with Crippen molar-refractivity contribution in [1.82, 2.24) is 10.2 Å². The Hall–Kier alpha value is -1.71. The van der Waals surface area contributed by atoms with Gasteiger partial charge >= 0.3 is 0 Å². The van der Waals surface area contributed by atoms with Crippen molar-refractivity contribution < 1.29 is 14.5 Å². The maximum Gasteiger partial charge on any atom is 0.270 e. The first kappa shape index (κ1) is 13.7. The molecule has 1 aliphatic rings. The summed E-state index contributed by atoms with van der Waals surface area (Å²) in [5.41, 5.74) is 0.120. The molecule has 2 rings (SSSR count). The number of rotatable bonds is 2. The number of piperazine rings is 1. The molecule has 0 unspecified atom stereocenters. The van der Waals surface area contributed by atoms with Gasteiger partial charge in [0.05, 0.1) is 17.0 Å². The number of hydrogen-bond donors (Lipinski definition) is 1. The van der Waals surface area contributed by atoms with Crippen LogP contribution in [0.3, 0.4) is 0 Å². The quantitative estimate of drug-likeness (QED) is 0.470. The summed E-state index contributed by atoms with van der Waals surface area (Å²) in [7, 11) is 0. The molecule has 0 radical (unpaired) electrons. The lowest BCUT2D eigenvalue weighted by Gasteiger charge is -2.26. The van der Waals surface area contributed by atoms with Crippen LogP contribution in [-0.4, -0.2) is 41.3 Å². The van der Waals surface area contributed by atoms with E-state index in [-0.39, 0.29) is 29.6 Å². The van der Waals surface area contributed by atoms with Crippen LogP contribution in [0.15, 0.2) is 18.2 Å². The minimum absolute atomic E-state index is 0.0163. The van der Waals surface area contributed by atoms with E-state index < -0.39 is 4.92 Å². The SMILES string of the molecule is O=C1CN(C(=O)c2cc([N+](=O)[O-])ccc2I)CCN1. The highest BCUT2D eigenvalue weighted by Gasteiger charge is 2.25. The number of nitrogens with zero attached hydrogens (tertiary/aromatic N) is 2. The molecular weight excluding hydrogens is 365 g/mol. The molecule has 0 bridgehead atoms. The van der Waals surface area contributed by atoms with Crippen LogP contribution >= 0.6 is 22.6 Å². The van der Waals surface area contributed by atoms with Crippen LogP contribution in [-0.2, 0) is 4.79 Å². The second-order valence-electron chi connectivity index (χ2n) is 4.00. The Bertz CT molecular complexity index is 561. The van der Waals surface area contributed by atoms with Crippen molar-refractivity contribution >= 4 is 40.1 Å². The zero-order valence-electron chi connectivity index (χ0n) is 9.76. The highest BCUT2D eigenvalue weighted by atomic mass is 127. The number of carbonyl (C=O) groups is 2. The topological polar surface area (TPSA) is 92.5 Å². The van der Waals surface area contributed by atoms with Gasteiger partial charge in [0.2, 0.25) is 5.91 Å². The zero-order valence-corrected chi connectivity index (χ0v) is 11.9. The highest BCUT2D eigenvalue weighted by Crippen LogP contribution is 2.21. The van der Waals surface area contributed by atoms with Gasteiger partial charge < -0.3 is 10.2 Å². The van der Waals surface area contributed by atoms with Gasteiger partial charge in [-0.05, 0) is 28.7 Å². The van der Waals surface area contributed by atoms with E-state index in [1.807, 2.05) is 22.6 Å². The minimum Gasteiger partial charge on any atom is -0.353 e. The molecule has 0 atom stereocenters. The van der Waals surface area contributed by atoms with Crippen LogP contribution in [0.5, 0.6) is 0 Å². The third-order valence-electron chi connectivity index (χ3n) is 2.72. The second-order valence-corrected chi connectivity index (χ2v) is 5.16. The first-order chi connectivity index (χ1) is 8.99. The Morgan fingerprint density at radius 2 is 2.21 bits per heavy atom. The Morgan fingerprint density at radius 3 is 2.84 bits per heavy atom. The number of nitro groups is 1. The van der Waals surface area contributed by atoms with Gasteiger partial charge in [-0.25, -0.2) is 0 Å². The van der Waals surface area contributed by atoms with Crippen molar-refractivity contribution in [1.29, 1.82) is 0 Å². The molecule has 1 aliphatic heterocycles. The zero-order chi connectivity index (χ0) is 14.0. The Labute approximate surface area is 122 Å². The maximum atomic E-state index is 12.3. The van der Waals surface area contributed by atoms with Gasteiger partial charge in [-0.15, -0.1) is 0 Å². The molecule has 1 aromatic carbocycles. The summed E-state index contributed by atoms with van der Waals surface area (Å²) in [6, 6.07) is 4.12. The molecule has 0 spiro atoms. The summed E-state index contributed by atoms with van der Waals surface area (Å²) >= 11 is 1.95. The predicted octanol–water partition coefficient (Wildman–Crippen LogP) is 0.771. The van der Waals surface area contributed by atoms with Crippen molar-refractivity contribution in [2.75, 3.05) is 19.6 Å². The molecule has 0 aliphatic carbocycles. The first-order valence-electron chi connectivity index (χ1n) is 5.49. The molecule has 1 heterocycles. The molecule has 1 saturated heterocycles. The molecule has 7 nitrogen and oxygen atoms in total. The fraction of sp³-hybridized carbons (Fsp3) is 0.273. The average molecular weight is 375 g/mol. The van der Waals surface area contributed by atoms with Gasteiger partial charge in [-0.3, -0.25) is 19.7 Å². The molecule has 0 aromatic heterocycles. The Kier molecular flexibility index (Phi) is 3.98. The van der Waals surface area contributed by atoms with E-state index in [1.165, 1.54) is 23.1 Å². The number of halogens is 1. The van der Waals surface area contributed by atoms with Gasteiger partial charge in [0.1, 0.15) is 0 Å². The van der Waals surface area contributed by atoms with E-state index >= 15 is 0 Å². The largest absolute Gasteiger partial charge is 0.353 e. The van der Waals surface area contributed by atoms with E-state index in [0.717, 1.165) is 0 Å². The predicted molar refractivity (Wildman–Crippen MR) is 74.7 cm³/mol. The van der Waals surface area contributed by atoms with Crippen LogP contribution in [0, 0.1) is 13.7 Å². The van der Waals surface area contributed by atoms with Crippen LogP contribution in [0.4, 0.5) is 5.69 Å². The van der Waals surface area contributed by atoms with Gasteiger partial charge in [0.25, 0.3) is 11.6 Å². The lowest BCUT2D eigenvalue weighted by Crippen LogP contribution is -2.50. The summed E-state index contributed by atoms with van der Waals surface area (Å²) in [4.78, 5) is 35.1. The molecule has 2 amide bonds. The van der Waals surface area contributed by atoms with Crippen LogP contribution < -0.4 is 5.32 Å². The van der Waals surface area contributed by atoms with Gasteiger partial charge in [-0.2, -0.15) is 0 Å². The summed E-state index contributed by atoms with van der Waals surface area (Å²) in [6.45, 7) is 0.789. The van der Waals surface area contributed by atoms with Crippen molar-refractivity contribution in [3.8, 4) is 0 Å². The van der Waals surface area contributed by atoms with E-state index in [4.69, 9.17) is 0 Å². The van der Waals surface area contributed by atoms with Gasteiger partial charge in [0, 0.05) is 28.8 Å². The summed E-state index contributed by atoms with van der Waals surface area (Å²) in [6.07, 6.45) is 0. The van der Waals surface area contributed by atoms with E-state index in [0.29, 0.717) is 16.7 Å². The van der Waals surface area contributed by atoms with Gasteiger partial charge in [0.15, 0.2) is 0 Å². The second kappa shape index (κ2) is 5.51. The lowest BCUT2D eigenvalue weighted by molar-refractivity contribution is -0.384. The molecule has 0 saturated carbocycles. The lowest BCUT2D eigenvalue weighted by atomic mass is 10.1. The minimum atomic E-state index is -0.546. The van der Waals surface area contributed by atoms with Crippen molar-refractivity contribution in [2.24, 2.45) is 0 Å². The summed E-state index contributed by atoms with van der Waals surface area (Å²) < 4.78 is 0.624. The monoisotopic (exact) mass is 375 g/mol. The number of hydrogen-bond acceptors (Lipinski definition) is 4. The highest BCUT2D eigenvalue weighted by molar-refractivity contribution is 14.1. The number of nitrogens with one attached hydrogen (secondary N) is 1. The van der Waals surface area contributed by atoms with Gasteiger partial charge in [-0.1, -0.05) is 0 Å². The standard InChI is InChI=1S/C11H10IN3O4/c12-9-2-1-7(15(18)19)5-8(9)11(17)14-4-3-13-10(16)6-14/h1-2,5H,3-4,6H2,(H,13,16). The van der Waals surface area contributed by atoms with E-state index in [2.05, 4.69) is 5.32 Å². The average Bonchev–Trinajstić information content (AvgIpc) is 2.38. The molecule has 100 valence electrons. The fourth-order valence-electron chi connectivity index (χ4n) is 1.77. The number of nitro benzene ring substituents is 1. The van der Waals surface area contributed by atoms with Crippen molar-refractivity contribution in [2.45, 2.75) is 0 Å². The van der Waals surface area contributed by atoms with Crippen LogP contribution in [0.2, 0.25) is 0 Å². The maximum absolute atomic E-state index is 12.3. The molecule has 8 heteroatoms. The number of non-ortho nitro benzene ring substituents is 1. The number of amides is 2. The van der Waals surface area contributed by atoms with Crippen molar-refractivity contribution in [3.63, 3.8) is 0 Å². The molecule has 19 heavy (non-hydrogen) atoms. The van der Waals surface area contributed by atoms with Crippen molar-refractivity contribution in [3.05, 3.63) is 37.4 Å². The van der Waals surface area contributed by atoms with E-state index in [1.54, 1.807) is 0 Å². The van der Waals surface area contributed by atoms with Crippen LogP contribution in [0.25, 0.3) is 0 Å². The van der Waals surface area contributed by atoms with Crippen LogP contribution in [0.1, 0.15) is 10.4 Å². The van der Waals surface area contributed by atoms with E-state index in [9.17, 15) is 19.7 Å². The molecule has 1 fully saturated rings. The summed E-state index contributed by atoms with van der Waals surface area (Å²) in [5, 5.41) is 13.3. The molecule has 1 aromatic rings. The molecular formula is C11H10IN3O4. The smallest absolute Gasteiger partial charge is 0.270 e. The Morgan fingerprint density at radius 1 is 1.47 bits per heavy atom.